The van der Waals surface area contributed by atoms with Gasteiger partial charge in [-0.3, -0.25) is 0 Å². The summed E-state index contributed by atoms with van der Waals surface area (Å²) in [5.41, 5.74) is -0.489. The summed E-state index contributed by atoms with van der Waals surface area (Å²) < 4.78 is 5.74. The molecule has 0 aromatic heterocycles. The van der Waals surface area contributed by atoms with Crippen molar-refractivity contribution >= 4 is 6.03 Å². The van der Waals surface area contributed by atoms with Gasteiger partial charge < -0.3 is 20.5 Å². The third-order valence-electron chi connectivity index (χ3n) is 5.59. The van der Waals surface area contributed by atoms with Crippen LogP contribution in [0.5, 0.6) is 0 Å². The summed E-state index contributed by atoms with van der Waals surface area (Å²) in [5.74, 6) is 0.854. The molecule has 0 aromatic carbocycles. The molecule has 3 fully saturated rings. The van der Waals surface area contributed by atoms with E-state index in [1.54, 1.807) is 0 Å². The Hall–Kier alpha value is -0.810. The van der Waals surface area contributed by atoms with E-state index in [9.17, 15) is 9.90 Å². The number of amides is 2. The second-order valence-corrected chi connectivity index (χ2v) is 7.49. The molecule has 3 rings (SSSR count). The second-order valence-electron chi connectivity index (χ2n) is 7.49. The van der Waals surface area contributed by atoms with Crippen molar-refractivity contribution in [3.8, 4) is 0 Å². The summed E-state index contributed by atoms with van der Waals surface area (Å²) in [6.07, 6.45) is 3.48. The predicted molar refractivity (Wildman–Crippen MR) is 75.3 cm³/mol. The van der Waals surface area contributed by atoms with Gasteiger partial charge in [0, 0.05) is 24.0 Å². The number of hydrogen-bond acceptors (Lipinski definition) is 3. The third-order valence-corrected chi connectivity index (χ3v) is 5.59. The fourth-order valence-corrected chi connectivity index (χ4v) is 4.05. The summed E-state index contributed by atoms with van der Waals surface area (Å²) in [6.45, 7) is 7.02. The Bertz CT molecular complexity index is 408. The molecule has 2 aliphatic carbocycles. The summed E-state index contributed by atoms with van der Waals surface area (Å²) in [7, 11) is 0. The topological polar surface area (TPSA) is 70.6 Å². The molecule has 1 saturated heterocycles. The lowest BCUT2D eigenvalue weighted by Gasteiger charge is -2.54. The molecule has 3 N–H and O–H groups in total. The van der Waals surface area contributed by atoms with Crippen LogP contribution in [0, 0.1) is 17.3 Å². The molecule has 4 atom stereocenters. The average molecular weight is 282 g/mol. The molecule has 4 unspecified atom stereocenters. The van der Waals surface area contributed by atoms with E-state index in [1.165, 1.54) is 0 Å². The number of carbonyl (C=O) groups is 1. The maximum Gasteiger partial charge on any atom is 0.315 e. The molecule has 0 spiro atoms. The molecule has 1 aliphatic heterocycles. The number of aliphatic hydroxyl groups excluding tert-OH is 1. The van der Waals surface area contributed by atoms with Crippen LogP contribution in [0.2, 0.25) is 0 Å². The van der Waals surface area contributed by atoms with Crippen LogP contribution >= 0.6 is 0 Å². The highest BCUT2D eigenvalue weighted by Gasteiger charge is 2.60. The Balaban J connectivity index is 1.59. The molecule has 114 valence electrons. The number of aliphatic hydroxyl groups is 1. The smallest absolute Gasteiger partial charge is 0.315 e. The van der Waals surface area contributed by atoms with Crippen LogP contribution in [-0.4, -0.2) is 42.0 Å². The first-order valence-corrected chi connectivity index (χ1v) is 7.69. The summed E-state index contributed by atoms with van der Waals surface area (Å²) in [4.78, 5) is 12.3. The Kier molecular flexibility index (Phi) is 3.25. The van der Waals surface area contributed by atoms with Crippen LogP contribution in [0.25, 0.3) is 0 Å². The Labute approximate surface area is 120 Å². The van der Waals surface area contributed by atoms with Crippen molar-refractivity contribution in [1.82, 2.24) is 10.6 Å². The number of fused-ring (bicyclic) bond motifs is 1. The van der Waals surface area contributed by atoms with E-state index in [0.29, 0.717) is 11.8 Å². The lowest BCUT2D eigenvalue weighted by Crippen LogP contribution is -2.69. The SMILES string of the molecule is CC(CO)(NC(=O)NC1C2CCOC2C1(C)C)C1CC1. The van der Waals surface area contributed by atoms with Gasteiger partial charge in [-0.15, -0.1) is 0 Å². The third kappa shape index (κ3) is 2.11. The van der Waals surface area contributed by atoms with Crippen LogP contribution < -0.4 is 10.6 Å². The van der Waals surface area contributed by atoms with Crippen molar-refractivity contribution in [1.29, 1.82) is 0 Å². The highest BCUT2D eigenvalue weighted by atomic mass is 16.5. The van der Waals surface area contributed by atoms with E-state index >= 15 is 0 Å². The lowest BCUT2D eigenvalue weighted by atomic mass is 9.57. The number of hydrogen-bond donors (Lipinski definition) is 3. The number of nitrogens with one attached hydrogen (secondary N) is 2. The van der Waals surface area contributed by atoms with Crippen LogP contribution in [0.15, 0.2) is 0 Å². The lowest BCUT2D eigenvalue weighted by molar-refractivity contribution is -0.108. The number of carbonyl (C=O) groups excluding carboxylic acids is 1. The Morgan fingerprint density at radius 1 is 1.40 bits per heavy atom. The molecule has 5 heteroatoms. The normalized spacial score (nSPS) is 37.5. The maximum absolute atomic E-state index is 12.3. The zero-order valence-corrected chi connectivity index (χ0v) is 12.6. The second kappa shape index (κ2) is 4.60. The molecule has 0 aromatic rings. The van der Waals surface area contributed by atoms with Gasteiger partial charge in [0.2, 0.25) is 0 Å². The molecule has 2 saturated carbocycles. The molecule has 5 nitrogen and oxygen atoms in total. The van der Waals surface area contributed by atoms with Gasteiger partial charge in [0.25, 0.3) is 0 Å². The molecular formula is C15H26N2O3. The van der Waals surface area contributed by atoms with Gasteiger partial charge in [-0.1, -0.05) is 13.8 Å². The van der Waals surface area contributed by atoms with E-state index in [2.05, 4.69) is 24.5 Å². The van der Waals surface area contributed by atoms with Gasteiger partial charge in [0.15, 0.2) is 0 Å². The van der Waals surface area contributed by atoms with E-state index in [-0.39, 0.29) is 30.2 Å². The first-order chi connectivity index (χ1) is 9.38. The minimum absolute atomic E-state index is 0.00564. The maximum atomic E-state index is 12.3. The summed E-state index contributed by atoms with van der Waals surface area (Å²) in [6, 6.07) is 0.00835. The number of ether oxygens (including phenoxy) is 1. The standard InChI is InChI=1S/C15H26N2O3/c1-14(2)11(10-6-7-20-12(10)14)16-13(19)17-15(3,8-18)9-4-5-9/h9-12,18H,4-8H2,1-3H3,(H2,16,17,19). The molecule has 3 aliphatic rings. The predicted octanol–water partition coefficient (Wildman–Crippen LogP) is 1.26. The highest BCUT2D eigenvalue weighted by Crippen LogP contribution is 2.52. The number of urea groups is 1. The van der Waals surface area contributed by atoms with Gasteiger partial charge in [0.1, 0.15) is 0 Å². The Morgan fingerprint density at radius 3 is 2.70 bits per heavy atom. The van der Waals surface area contributed by atoms with Gasteiger partial charge in [0.05, 0.1) is 18.2 Å². The van der Waals surface area contributed by atoms with Crippen molar-refractivity contribution in [3.63, 3.8) is 0 Å². The van der Waals surface area contributed by atoms with Crippen LogP contribution in [0.1, 0.15) is 40.0 Å². The van der Waals surface area contributed by atoms with Crippen LogP contribution in [-0.2, 0) is 4.74 Å². The van der Waals surface area contributed by atoms with Crippen molar-refractivity contribution in [2.75, 3.05) is 13.2 Å². The summed E-state index contributed by atoms with van der Waals surface area (Å²) in [5, 5.41) is 15.6. The average Bonchev–Trinajstić information content (AvgIpc) is 3.15. The Morgan fingerprint density at radius 2 is 2.10 bits per heavy atom. The summed E-state index contributed by atoms with van der Waals surface area (Å²) >= 11 is 0. The molecular weight excluding hydrogens is 256 g/mol. The molecule has 0 radical (unpaired) electrons. The van der Waals surface area contributed by atoms with Crippen LogP contribution in [0.4, 0.5) is 4.79 Å². The zero-order chi connectivity index (χ0) is 14.5. The quantitative estimate of drug-likeness (QED) is 0.727. The van der Waals surface area contributed by atoms with Gasteiger partial charge in [-0.2, -0.15) is 0 Å². The first kappa shape index (κ1) is 14.1. The molecule has 20 heavy (non-hydrogen) atoms. The van der Waals surface area contributed by atoms with Gasteiger partial charge in [-0.05, 0) is 32.1 Å². The molecule has 2 amide bonds. The van der Waals surface area contributed by atoms with Crippen molar-refractivity contribution in [2.45, 2.75) is 57.7 Å². The van der Waals surface area contributed by atoms with E-state index < -0.39 is 5.54 Å². The molecule has 1 heterocycles. The van der Waals surface area contributed by atoms with Crippen molar-refractivity contribution < 1.29 is 14.6 Å². The van der Waals surface area contributed by atoms with E-state index in [0.717, 1.165) is 25.9 Å². The van der Waals surface area contributed by atoms with Gasteiger partial charge in [-0.25, -0.2) is 4.79 Å². The first-order valence-electron chi connectivity index (χ1n) is 7.69. The van der Waals surface area contributed by atoms with Gasteiger partial charge >= 0.3 is 6.03 Å². The van der Waals surface area contributed by atoms with E-state index in [1.807, 2.05) is 6.92 Å². The fourth-order valence-electron chi connectivity index (χ4n) is 4.05. The molecule has 0 bridgehead atoms. The fraction of sp³-hybridized carbons (Fsp3) is 0.933. The minimum atomic E-state index is -0.483. The number of rotatable bonds is 4. The largest absolute Gasteiger partial charge is 0.394 e. The van der Waals surface area contributed by atoms with E-state index in [4.69, 9.17) is 4.74 Å². The van der Waals surface area contributed by atoms with Crippen molar-refractivity contribution in [2.24, 2.45) is 17.3 Å². The highest BCUT2D eigenvalue weighted by molar-refractivity contribution is 5.75. The minimum Gasteiger partial charge on any atom is -0.394 e. The van der Waals surface area contributed by atoms with Crippen molar-refractivity contribution in [3.05, 3.63) is 0 Å². The zero-order valence-electron chi connectivity index (χ0n) is 12.6. The monoisotopic (exact) mass is 282 g/mol. The van der Waals surface area contributed by atoms with Crippen LogP contribution in [0.3, 0.4) is 0 Å².